The molecule has 2 aromatic heterocycles. The van der Waals surface area contributed by atoms with E-state index >= 15 is 0 Å². The molecule has 5 nitrogen and oxygen atoms in total. The van der Waals surface area contributed by atoms with Gasteiger partial charge < -0.3 is 15.1 Å². The molecule has 0 amide bonds. The Morgan fingerprint density at radius 2 is 2.11 bits per heavy atom. The van der Waals surface area contributed by atoms with E-state index in [2.05, 4.69) is 20.6 Å². The number of aromatic nitrogens is 2. The van der Waals surface area contributed by atoms with Crippen molar-refractivity contribution in [2.75, 3.05) is 24.2 Å². The van der Waals surface area contributed by atoms with Gasteiger partial charge >= 0.3 is 0 Å². The zero-order chi connectivity index (χ0) is 12.8. The van der Waals surface area contributed by atoms with E-state index in [0.717, 1.165) is 42.6 Å². The van der Waals surface area contributed by atoms with Gasteiger partial charge in [0.25, 0.3) is 0 Å². The van der Waals surface area contributed by atoms with Crippen molar-refractivity contribution in [2.45, 2.75) is 19.8 Å². The Labute approximate surface area is 107 Å². The van der Waals surface area contributed by atoms with Crippen LogP contribution in [-0.4, -0.2) is 23.6 Å². The smallest absolute Gasteiger partial charge is 0.132 e. The highest BCUT2D eigenvalue weighted by molar-refractivity contribution is 5.47. The maximum absolute atomic E-state index is 5.28. The minimum atomic E-state index is 0.789. The second-order valence-corrected chi connectivity index (χ2v) is 3.91. The Hall–Kier alpha value is -2.04. The first-order valence-corrected chi connectivity index (χ1v) is 6.13. The Morgan fingerprint density at radius 1 is 1.28 bits per heavy atom. The number of anilines is 2. The van der Waals surface area contributed by atoms with Crippen LogP contribution in [0.5, 0.6) is 0 Å². The quantitative estimate of drug-likeness (QED) is 0.819. The molecule has 0 unspecified atom stereocenters. The van der Waals surface area contributed by atoms with Crippen LogP contribution in [-0.2, 0) is 12.8 Å². The van der Waals surface area contributed by atoms with Crippen molar-refractivity contribution < 1.29 is 4.42 Å². The molecule has 0 aliphatic carbocycles. The Morgan fingerprint density at radius 3 is 2.78 bits per heavy atom. The first-order chi connectivity index (χ1) is 8.81. The molecule has 0 fully saturated rings. The summed E-state index contributed by atoms with van der Waals surface area (Å²) < 4.78 is 5.28. The van der Waals surface area contributed by atoms with Crippen molar-refractivity contribution in [3.8, 4) is 0 Å². The number of hydrogen-bond acceptors (Lipinski definition) is 5. The second-order valence-electron chi connectivity index (χ2n) is 3.91. The van der Waals surface area contributed by atoms with Crippen LogP contribution in [0.25, 0.3) is 0 Å². The van der Waals surface area contributed by atoms with Crippen molar-refractivity contribution in [1.82, 2.24) is 9.97 Å². The monoisotopic (exact) mass is 246 g/mol. The molecule has 18 heavy (non-hydrogen) atoms. The van der Waals surface area contributed by atoms with Gasteiger partial charge in [0.2, 0.25) is 0 Å². The van der Waals surface area contributed by atoms with Crippen molar-refractivity contribution in [2.24, 2.45) is 0 Å². The molecule has 2 rings (SSSR count). The molecular weight excluding hydrogens is 228 g/mol. The molecular formula is C13H18N4O. The van der Waals surface area contributed by atoms with Gasteiger partial charge in [0.1, 0.15) is 23.2 Å². The summed E-state index contributed by atoms with van der Waals surface area (Å²) in [4.78, 5) is 8.77. The molecule has 0 aromatic carbocycles. The number of nitrogens with one attached hydrogen (secondary N) is 2. The summed E-state index contributed by atoms with van der Waals surface area (Å²) in [5.74, 6) is 3.49. The highest BCUT2D eigenvalue weighted by Gasteiger charge is 2.02. The van der Waals surface area contributed by atoms with E-state index in [1.165, 1.54) is 0 Å². The summed E-state index contributed by atoms with van der Waals surface area (Å²) in [5.41, 5.74) is 0. The van der Waals surface area contributed by atoms with E-state index in [1.807, 2.05) is 32.2 Å². The average molecular weight is 246 g/mol. The van der Waals surface area contributed by atoms with Gasteiger partial charge in [-0.3, -0.25) is 0 Å². The standard InChI is InChI=1S/C13H18N4O/c1-3-11-16-12(14-2)9-13(17-11)15-7-6-10-5-4-8-18-10/h4-5,8-9H,3,6-7H2,1-2H3,(H2,14,15,16,17). The summed E-state index contributed by atoms with van der Waals surface area (Å²) in [6.45, 7) is 2.83. The van der Waals surface area contributed by atoms with Crippen LogP contribution in [0.2, 0.25) is 0 Å². The summed E-state index contributed by atoms with van der Waals surface area (Å²) in [7, 11) is 1.86. The van der Waals surface area contributed by atoms with Crippen LogP contribution in [0, 0.1) is 0 Å². The molecule has 0 radical (unpaired) electrons. The van der Waals surface area contributed by atoms with Crippen molar-refractivity contribution in [1.29, 1.82) is 0 Å². The van der Waals surface area contributed by atoms with Crippen LogP contribution in [0.4, 0.5) is 11.6 Å². The highest BCUT2D eigenvalue weighted by atomic mass is 16.3. The molecule has 0 spiro atoms. The minimum absolute atomic E-state index is 0.789. The van der Waals surface area contributed by atoms with E-state index in [4.69, 9.17) is 4.42 Å². The van der Waals surface area contributed by atoms with Gasteiger partial charge in [-0.15, -0.1) is 0 Å². The lowest BCUT2D eigenvalue weighted by molar-refractivity contribution is 0.513. The zero-order valence-electron chi connectivity index (χ0n) is 10.7. The van der Waals surface area contributed by atoms with E-state index in [1.54, 1.807) is 6.26 Å². The van der Waals surface area contributed by atoms with Crippen LogP contribution in [0.15, 0.2) is 28.9 Å². The lowest BCUT2D eigenvalue weighted by Gasteiger charge is -2.08. The maximum Gasteiger partial charge on any atom is 0.132 e. The number of furan rings is 1. The molecule has 0 atom stereocenters. The van der Waals surface area contributed by atoms with Crippen LogP contribution in [0.3, 0.4) is 0 Å². The third kappa shape index (κ3) is 3.23. The lowest BCUT2D eigenvalue weighted by Crippen LogP contribution is -2.09. The van der Waals surface area contributed by atoms with Crippen molar-refractivity contribution in [3.05, 3.63) is 36.0 Å². The SMILES string of the molecule is CCc1nc(NC)cc(NCCc2ccco2)n1. The molecule has 96 valence electrons. The molecule has 2 N–H and O–H groups in total. The first kappa shape index (κ1) is 12.4. The van der Waals surface area contributed by atoms with E-state index in [-0.39, 0.29) is 0 Å². The van der Waals surface area contributed by atoms with Crippen LogP contribution < -0.4 is 10.6 Å². The largest absolute Gasteiger partial charge is 0.469 e. The molecule has 0 aliphatic rings. The summed E-state index contributed by atoms with van der Waals surface area (Å²) >= 11 is 0. The van der Waals surface area contributed by atoms with Crippen molar-refractivity contribution >= 4 is 11.6 Å². The fraction of sp³-hybridized carbons (Fsp3) is 0.385. The second kappa shape index (κ2) is 6.05. The molecule has 0 saturated heterocycles. The molecule has 0 aliphatic heterocycles. The van der Waals surface area contributed by atoms with Gasteiger partial charge in [0.05, 0.1) is 6.26 Å². The molecule has 2 heterocycles. The third-order valence-corrected chi connectivity index (χ3v) is 2.60. The van der Waals surface area contributed by atoms with Crippen LogP contribution in [0.1, 0.15) is 18.5 Å². The van der Waals surface area contributed by atoms with Gasteiger partial charge in [-0.05, 0) is 12.1 Å². The summed E-state index contributed by atoms with van der Waals surface area (Å²) in [6, 6.07) is 5.77. The van der Waals surface area contributed by atoms with Gasteiger partial charge in [-0.2, -0.15) is 0 Å². The fourth-order valence-electron chi connectivity index (χ4n) is 1.64. The Bertz CT molecular complexity index is 459. The number of hydrogen-bond donors (Lipinski definition) is 2. The summed E-state index contributed by atoms with van der Waals surface area (Å²) in [6.07, 6.45) is 3.35. The molecule has 0 bridgehead atoms. The van der Waals surface area contributed by atoms with E-state index < -0.39 is 0 Å². The molecule has 0 saturated carbocycles. The Kier molecular flexibility index (Phi) is 4.17. The summed E-state index contributed by atoms with van der Waals surface area (Å²) in [5, 5.41) is 6.32. The predicted molar refractivity (Wildman–Crippen MR) is 71.9 cm³/mol. The van der Waals surface area contributed by atoms with Gasteiger partial charge in [0.15, 0.2) is 0 Å². The average Bonchev–Trinajstić information content (AvgIpc) is 2.91. The van der Waals surface area contributed by atoms with E-state index in [9.17, 15) is 0 Å². The molecule has 5 heteroatoms. The predicted octanol–water partition coefficient (Wildman–Crippen LogP) is 2.33. The number of aryl methyl sites for hydroxylation is 1. The van der Waals surface area contributed by atoms with Crippen LogP contribution >= 0.6 is 0 Å². The van der Waals surface area contributed by atoms with Gasteiger partial charge in [-0.1, -0.05) is 6.92 Å². The topological polar surface area (TPSA) is 63.0 Å². The highest BCUT2D eigenvalue weighted by Crippen LogP contribution is 2.11. The zero-order valence-corrected chi connectivity index (χ0v) is 10.7. The van der Waals surface area contributed by atoms with Gasteiger partial charge in [0, 0.05) is 32.5 Å². The van der Waals surface area contributed by atoms with Gasteiger partial charge in [-0.25, -0.2) is 9.97 Å². The number of rotatable bonds is 6. The third-order valence-electron chi connectivity index (χ3n) is 2.60. The lowest BCUT2D eigenvalue weighted by atomic mass is 10.3. The molecule has 2 aromatic rings. The fourth-order valence-corrected chi connectivity index (χ4v) is 1.64. The minimum Gasteiger partial charge on any atom is -0.469 e. The normalized spacial score (nSPS) is 10.3. The Balaban J connectivity index is 1.95. The van der Waals surface area contributed by atoms with E-state index in [0.29, 0.717) is 0 Å². The maximum atomic E-state index is 5.28. The first-order valence-electron chi connectivity index (χ1n) is 6.13. The number of nitrogens with zero attached hydrogens (tertiary/aromatic N) is 2. The van der Waals surface area contributed by atoms with Crippen molar-refractivity contribution in [3.63, 3.8) is 0 Å².